The molecule has 3 aromatic rings. The molecule has 9 aliphatic carbocycles. The Balaban J connectivity index is 0.000000108. The third kappa shape index (κ3) is 9.52. The summed E-state index contributed by atoms with van der Waals surface area (Å²) in [6, 6.07) is 25.6. The van der Waals surface area contributed by atoms with Gasteiger partial charge >= 0.3 is 0 Å². The fourth-order valence-electron chi connectivity index (χ4n) is 18.4. The van der Waals surface area contributed by atoms with E-state index in [9.17, 15) is 13.7 Å². The molecule has 12 fully saturated rings. The molecule has 0 spiro atoms. The van der Waals surface area contributed by atoms with Gasteiger partial charge in [0.05, 0.1) is 41.1 Å². The number of aryl methyl sites for hydroxylation is 1. The zero-order valence-electron chi connectivity index (χ0n) is 44.8. The number of para-hydroxylation sites is 3. The van der Waals surface area contributed by atoms with Crippen molar-refractivity contribution in [2.75, 3.05) is 118 Å². The normalized spacial score (nSPS) is 35.7. The Morgan fingerprint density at radius 2 is 1.30 bits per heavy atom. The van der Waals surface area contributed by atoms with Crippen molar-refractivity contribution in [3.05, 3.63) is 77.9 Å². The van der Waals surface area contributed by atoms with Crippen LogP contribution in [0.4, 0.5) is 22.7 Å². The average molecular weight is 1020 g/mol. The van der Waals surface area contributed by atoms with Crippen LogP contribution < -0.4 is 24.2 Å². The summed E-state index contributed by atoms with van der Waals surface area (Å²) in [4.78, 5) is 15.5. The molecule has 6 bridgehead atoms. The van der Waals surface area contributed by atoms with Crippen LogP contribution >= 0.6 is 0 Å². The molecule has 74 heavy (non-hydrogen) atoms. The summed E-state index contributed by atoms with van der Waals surface area (Å²) in [6.07, 6.45) is 19.7. The Kier molecular flexibility index (Phi) is 13.7. The van der Waals surface area contributed by atoms with Crippen LogP contribution in [0, 0.1) is 82.8 Å². The number of anilines is 4. The lowest BCUT2D eigenvalue weighted by molar-refractivity contribution is -0.254. The standard InChI is InChI=1S/C22H27N3O.C21H31N3O2S.C19H28N2/c1-26-20-3-2-14(12-23)8-19(20)25-6-4-24(5-7-25)13-22-11-17-15-9-16(21(17)22)18(22)10-15;25-27(26,19-7-8-19)22-20-3-1-2-4-21(20)24-11-9-23(10-12-24)15-18-14-16-5-6-17(18)13-16;1-15-4-2-3-5-19(15)21-10-8-20(9-11-21)18-13-16-6-7-17(12-16)14-18/h2-3,8,15-18,21H,4-7,9-11,13H2,1H3;1-4,16-19,22H,5-15H2;2-5,16-18H,6-14H2,1H3. The van der Waals surface area contributed by atoms with Crippen molar-refractivity contribution in [3.8, 4) is 11.8 Å². The van der Waals surface area contributed by atoms with Crippen LogP contribution in [0.5, 0.6) is 5.75 Å². The molecular formula is C62H86N8O3S. The lowest BCUT2D eigenvalue weighted by atomic mass is 9.32. The number of benzene rings is 3. The summed E-state index contributed by atoms with van der Waals surface area (Å²) in [5.41, 5.74) is 7.15. The Bertz CT molecular complexity index is 2610. The van der Waals surface area contributed by atoms with Gasteiger partial charge in [0.2, 0.25) is 10.0 Å². The monoisotopic (exact) mass is 1020 g/mol. The first-order valence-electron chi connectivity index (χ1n) is 29.8. The van der Waals surface area contributed by atoms with Crippen molar-refractivity contribution >= 4 is 32.8 Å². The SMILES string of the molecule is COc1ccc(C#N)cc1N1CCN(CC23CC4C5CC(C2C5)C43)CC1.Cc1ccccc1N1CCN(C2CC3CCC(C3)C2)CC1.O=S(=O)(Nc1ccccc1N1CCN(CC2CC3CCC2C3)CC1)C1CC1. The summed E-state index contributed by atoms with van der Waals surface area (Å²) in [6.45, 7) is 18.3. The van der Waals surface area contributed by atoms with Crippen LogP contribution in [0.3, 0.4) is 0 Å². The van der Waals surface area contributed by atoms with Crippen molar-refractivity contribution < 1.29 is 13.2 Å². The van der Waals surface area contributed by atoms with Crippen molar-refractivity contribution in [3.63, 3.8) is 0 Å². The van der Waals surface area contributed by atoms with Crippen molar-refractivity contribution in [1.82, 2.24) is 14.7 Å². The molecule has 3 aliphatic heterocycles. The van der Waals surface area contributed by atoms with Crippen molar-refractivity contribution in [1.29, 1.82) is 5.26 Å². The highest BCUT2D eigenvalue weighted by atomic mass is 32.2. The molecule has 0 aromatic heterocycles. The molecule has 12 aliphatic rings. The van der Waals surface area contributed by atoms with E-state index in [0.717, 1.165) is 159 Å². The first kappa shape index (κ1) is 49.5. The van der Waals surface area contributed by atoms with E-state index in [0.29, 0.717) is 5.56 Å². The summed E-state index contributed by atoms with van der Waals surface area (Å²) < 4.78 is 33.1. The largest absolute Gasteiger partial charge is 0.495 e. The predicted molar refractivity (Wildman–Crippen MR) is 299 cm³/mol. The Hall–Kier alpha value is -4.02. The van der Waals surface area contributed by atoms with Crippen LogP contribution in [0.2, 0.25) is 0 Å². The van der Waals surface area contributed by atoms with E-state index >= 15 is 0 Å². The maximum Gasteiger partial charge on any atom is 0.235 e. The number of hydrogen-bond donors (Lipinski definition) is 1. The van der Waals surface area contributed by atoms with Gasteiger partial charge in [-0.25, -0.2) is 8.42 Å². The number of fused-ring (bicyclic) bond motifs is 7. The highest BCUT2D eigenvalue weighted by Crippen LogP contribution is 2.84. The lowest BCUT2D eigenvalue weighted by Gasteiger charge is -2.73. The zero-order chi connectivity index (χ0) is 50.1. The van der Waals surface area contributed by atoms with E-state index in [4.69, 9.17) is 4.74 Å². The second kappa shape index (κ2) is 20.4. The van der Waals surface area contributed by atoms with Gasteiger partial charge in [0.1, 0.15) is 5.75 Å². The number of nitrogens with one attached hydrogen (secondary N) is 1. The Morgan fingerprint density at radius 3 is 1.93 bits per heavy atom. The first-order valence-corrected chi connectivity index (χ1v) is 31.3. The van der Waals surface area contributed by atoms with Crippen LogP contribution in [-0.2, 0) is 10.0 Å². The highest BCUT2D eigenvalue weighted by Gasteiger charge is 2.79. The molecule has 1 N–H and O–H groups in total. The van der Waals surface area contributed by atoms with E-state index in [1.54, 1.807) is 32.8 Å². The smallest absolute Gasteiger partial charge is 0.235 e. The van der Waals surface area contributed by atoms with E-state index < -0.39 is 10.0 Å². The number of hydrogen-bond acceptors (Lipinski definition) is 10. The minimum atomic E-state index is -3.22. The minimum absolute atomic E-state index is 0.191. The fraction of sp³-hybridized carbons (Fsp3) is 0.694. The number of methoxy groups -OCH3 is 1. The minimum Gasteiger partial charge on any atom is -0.495 e. The Morgan fingerprint density at radius 1 is 0.649 bits per heavy atom. The quantitative estimate of drug-likeness (QED) is 0.189. The molecule has 0 radical (unpaired) electrons. The number of nitriles is 1. The zero-order valence-corrected chi connectivity index (χ0v) is 45.7. The van der Waals surface area contributed by atoms with Crippen molar-refractivity contribution in [2.24, 2.45) is 64.6 Å². The number of rotatable bonds is 12. The maximum atomic E-state index is 12.4. The molecule has 12 heteroatoms. The van der Waals surface area contributed by atoms with Crippen LogP contribution in [0.25, 0.3) is 0 Å². The van der Waals surface area contributed by atoms with Gasteiger partial charge < -0.3 is 19.4 Å². The molecule has 3 heterocycles. The summed E-state index contributed by atoms with van der Waals surface area (Å²) >= 11 is 0. The second-order valence-electron chi connectivity index (χ2n) is 26.0. The number of sulfonamides is 1. The van der Waals surface area contributed by atoms with E-state index in [1.165, 1.54) is 102 Å². The molecule has 11 unspecified atom stereocenters. The molecule has 3 aromatic carbocycles. The van der Waals surface area contributed by atoms with Gasteiger partial charge in [0, 0.05) is 103 Å². The van der Waals surface area contributed by atoms with Crippen LogP contribution in [0.15, 0.2) is 66.7 Å². The first-order chi connectivity index (χ1) is 36.1. The lowest BCUT2D eigenvalue weighted by Crippen LogP contribution is -2.71. The molecule has 3 saturated heterocycles. The number of ether oxygens (including phenoxy) is 1. The molecule has 11 atom stereocenters. The van der Waals surface area contributed by atoms with E-state index in [1.807, 2.05) is 36.4 Å². The van der Waals surface area contributed by atoms with Gasteiger partial charge in [-0.15, -0.1) is 0 Å². The summed E-state index contributed by atoms with van der Waals surface area (Å²) in [5.74, 6) is 11.5. The highest BCUT2D eigenvalue weighted by molar-refractivity contribution is 7.93. The molecular weight excluding hydrogens is 937 g/mol. The van der Waals surface area contributed by atoms with Gasteiger partial charge in [-0.05, 0) is 184 Å². The van der Waals surface area contributed by atoms with Gasteiger partial charge in [-0.1, -0.05) is 49.6 Å². The molecule has 15 rings (SSSR count). The molecule has 9 saturated carbocycles. The van der Waals surface area contributed by atoms with E-state index in [-0.39, 0.29) is 5.25 Å². The topological polar surface area (TPSA) is 98.6 Å². The summed E-state index contributed by atoms with van der Waals surface area (Å²) in [7, 11) is -1.50. The third-order valence-electron chi connectivity index (χ3n) is 22.1. The van der Waals surface area contributed by atoms with Crippen LogP contribution in [-0.4, -0.2) is 133 Å². The molecule has 11 nitrogen and oxygen atoms in total. The number of piperazine rings is 3. The van der Waals surface area contributed by atoms with Gasteiger partial charge in [0.25, 0.3) is 0 Å². The van der Waals surface area contributed by atoms with Gasteiger partial charge in [0.15, 0.2) is 0 Å². The van der Waals surface area contributed by atoms with Gasteiger partial charge in [-0.2, -0.15) is 5.26 Å². The molecule has 0 amide bonds. The predicted octanol–water partition coefficient (Wildman–Crippen LogP) is 9.83. The third-order valence-corrected chi connectivity index (χ3v) is 23.9. The van der Waals surface area contributed by atoms with E-state index in [2.05, 4.69) is 77.4 Å². The van der Waals surface area contributed by atoms with Crippen LogP contribution in [0.1, 0.15) is 101 Å². The second-order valence-corrected chi connectivity index (χ2v) is 27.9. The average Bonchev–Trinajstić information content (AvgIpc) is 3.75. The maximum absolute atomic E-state index is 12.4. The summed E-state index contributed by atoms with van der Waals surface area (Å²) in [5, 5.41) is 9.03. The molecule has 398 valence electrons. The Labute approximate surface area is 444 Å². The fourth-order valence-corrected chi connectivity index (χ4v) is 19.8. The number of nitrogens with zero attached hydrogens (tertiary/aromatic N) is 7. The van der Waals surface area contributed by atoms with Crippen molar-refractivity contribution in [2.45, 2.75) is 108 Å². The van der Waals surface area contributed by atoms with Gasteiger partial charge in [-0.3, -0.25) is 19.4 Å².